The van der Waals surface area contributed by atoms with E-state index in [1.165, 1.54) is 0 Å². The summed E-state index contributed by atoms with van der Waals surface area (Å²) in [6, 6.07) is 6.84. The lowest BCUT2D eigenvalue weighted by atomic mass is 9.91. The van der Waals surface area contributed by atoms with Crippen molar-refractivity contribution >= 4 is 0 Å². The van der Waals surface area contributed by atoms with E-state index in [9.17, 15) is 13.9 Å². The molecule has 1 aliphatic carbocycles. The molecule has 2 rings (SSSR count). The van der Waals surface area contributed by atoms with E-state index < -0.39 is 6.61 Å². The third-order valence-electron chi connectivity index (χ3n) is 3.84. The summed E-state index contributed by atoms with van der Waals surface area (Å²) in [5.74, 6) is 0.170. The molecular formula is C15H21F2NO2. The first-order valence-electron chi connectivity index (χ1n) is 6.98. The van der Waals surface area contributed by atoms with E-state index in [0.717, 1.165) is 31.2 Å². The second-order valence-corrected chi connectivity index (χ2v) is 5.36. The van der Waals surface area contributed by atoms with E-state index in [0.29, 0.717) is 6.54 Å². The van der Waals surface area contributed by atoms with Gasteiger partial charge in [0.1, 0.15) is 5.75 Å². The molecule has 0 aromatic heterocycles. The first-order valence-corrected chi connectivity index (χ1v) is 6.98. The molecule has 112 valence electrons. The summed E-state index contributed by atoms with van der Waals surface area (Å²) in [5.41, 5.74) is 1.02. The second kappa shape index (κ2) is 6.99. The Morgan fingerprint density at radius 3 is 2.50 bits per heavy atom. The summed E-state index contributed by atoms with van der Waals surface area (Å²) in [5, 5.41) is 10.0. The van der Waals surface area contributed by atoms with Crippen molar-refractivity contribution in [2.45, 2.75) is 51.0 Å². The predicted molar refractivity (Wildman–Crippen MR) is 72.8 cm³/mol. The average Bonchev–Trinajstić information content (AvgIpc) is 2.41. The first kappa shape index (κ1) is 15.2. The maximum absolute atomic E-state index is 12.1. The zero-order valence-corrected chi connectivity index (χ0v) is 11.6. The van der Waals surface area contributed by atoms with Gasteiger partial charge in [-0.2, -0.15) is 8.78 Å². The van der Waals surface area contributed by atoms with Gasteiger partial charge in [0.05, 0.1) is 6.10 Å². The monoisotopic (exact) mass is 285 g/mol. The Bertz CT molecular complexity index is 411. The number of hydrogen-bond acceptors (Lipinski definition) is 3. The van der Waals surface area contributed by atoms with E-state index in [4.69, 9.17) is 0 Å². The number of hydrogen-bond donors (Lipinski definition) is 1. The zero-order valence-electron chi connectivity index (χ0n) is 11.6. The van der Waals surface area contributed by atoms with Gasteiger partial charge in [-0.25, -0.2) is 0 Å². The molecule has 0 spiro atoms. The van der Waals surface area contributed by atoms with Gasteiger partial charge < -0.3 is 9.84 Å². The zero-order chi connectivity index (χ0) is 14.5. The van der Waals surface area contributed by atoms with Crippen molar-refractivity contribution in [3.63, 3.8) is 0 Å². The molecule has 5 heteroatoms. The predicted octanol–water partition coefficient (Wildman–Crippen LogP) is 3.02. The van der Waals surface area contributed by atoms with Gasteiger partial charge in [-0.3, -0.25) is 4.90 Å². The maximum Gasteiger partial charge on any atom is 0.387 e. The van der Waals surface area contributed by atoms with Crippen molar-refractivity contribution in [2.75, 3.05) is 7.05 Å². The van der Waals surface area contributed by atoms with Gasteiger partial charge in [0.25, 0.3) is 0 Å². The molecule has 0 aliphatic heterocycles. The normalized spacial score (nSPS) is 23.3. The van der Waals surface area contributed by atoms with Crippen LogP contribution in [0, 0.1) is 0 Å². The minimum Gasteiger partial charge on any atom is -0.435 e. The summed E-state index contributed by atoms with van der Waals surface area (Å²) in [7, 11) is 1.99. The molecule has 1 saturated carbocycles. The molecule has 0 amide bonds. The van der Waals surface area contributed by atoms with Crippen LogP contribution >= 0.6 is 0 Å². The van der Waals surface area contributed by atoms with Gasteiger partial charge in [-0.15, -0.1) is 0 Å². The van der Waals surface area contributed by atoms with E-state index in [1.807, 2.05) is 7.05 Å². The van der Waals surface area contributed by atoms with Gasteiger partial charge in [-0.1, -0.05) is 25.0 Å². The van der Waals surface area contributed by atoms with Crippen molar-refractivity contribution < 1.29 is 18.6 Å². The first-order chi connectivity index (χ1) is 9.56. The van der Waals surface area contributed by atoms with Crippen molar-refractivity contribution in [3.05, 3.63) is 29.8 Å². The molecule has 0 bridgehead atoms. The molecule has 2 atom stereocenters. The smallest absolute Gasteiger partial charge is 0.387 e. The SMILES string of the molecule is CN(Cc1ccc(OC(F)F)cc1)C1CCCCC1O. The van der Waals surface area contributed by atoms with Crippen molar-refractivity contribution in [1.29, 1.82) is 0 Å². The van der Waals surface area contributed by atoms with Gasteiger partial charge in [0.15, 0.2) is 0 Å². The highest BCUT2D eigenvalue weighted by Crippen LogP contribution is 2.24. The second-order valence-electron chi connectivity index (χ2n) is 5.36. The van der Waals surface area contributed by atoms with Crippen LogP contribution in [0.4, 0.5) is 8.78 Å². The summed E-state index contributed by atoms with van der Waals surface area (Å²) >= 11 is 0. The lowest BCUT2D eigenvalue weighted by molar-refractivity contribution is -0.0498. The molecule has 0 saturated heterocycles. The number of benzene rings is 1. The molecule has 1 aliphatic rings. The molecule has 3 nitrogen and oxygen atoms in total. The van der Waals surface area contributed by atoms with Crippen LogP contribution in [0.5, 0.6) is 5.75 Å². The standard InChI is InChI=1S/C15H21F2NO2/c1-18(13-4-2-3-5-14(13)19)10-11-6-8-12(9-7-11)20-15(16)17/h6-9,13-15,19H,2-5,10H2,1H3. The summed E-state index contributed by atoms with van der Waals surface area (Å²) < 4.78 is 28.4. The number of halogens is 2. The molecule has 1 fully saturated rings. The van der Waals surface area contributed by atoms with E-state index in [-0.39, 0.29) is 17.9 Å². The highest BCUT2D eigenvalue weighted by Gasteiger charge is 2.26. The molecule has 0 heterocycles. The topological polar surface area (TPSA) is 32.7 Å². The third kappa shape index (κ3) is 4.15. The van der Waals surface area contributed by atoms with Crippen LogP contribution in [0.3, 0.4) is 0 Å². The van der Waals surface area contributed by atoms with Crippen LogP contribution in [-0.2, 0) is 6.54 Å². The number of aliphatic hydroxyl groups excluding tert-OH is 1. The molecule has 20 heavy (non-hydrogen) atoms. The van der Waals surface area contributed by atoms with Crippen LogP contribution in [0.1, 0.15) is 31.2 Å². The number of rotatable bonds is 5. The van der Waals surface area contributed by atoms with Gasteiger partial charge in [-0.05, 0) is 37.6 Å². The third-order valence-corrected chi connectivity index (χ3v) is 3.84. The van der Waals surface area contributed by atoms with E-state index in [2.05, 4.69) is 9.64 Å². The number of aliphatic hydroxyl groups is 1. The van der Waals surface area contributed by atoms with Crippen molar-refractivity contribution in [3.8, 4) is 5.75 Å². The Labute approximate surface area is 118 Å². The van der Waals surface area contributed by atoms with Gasteiger partial charge >= 0.3 is 6.61 Å². The van der Waals surface area contributed by atoms with E-state index in [1.54, 1.807) is 24.3 Å². The summed E-state index contributed by atoms with van der Waals surface area (Å²) in [6.07, 6.45) is 3.83. The van der Waals surface area contributed by atoms with E-state index >= 15 is 0 Å². The fourth-order valence-corrected chi connectivity index (χ4v) is 2.79. The Morgan fingerprint density at radius 2 is 1.90 bits per heavy atom. The molecule has 1 N–H and O–H groups in total. The Kier molecular flexibility index (Phi) is 5.31. The highest BCUT2D eigenvalue weighted by molar-refractivity contribution is 5.27. The Balaban J connectivity index is 1.91. The Morgan fingerprint density at radius 1 is 1.25 bits per heavy atom. The minimum absolute atomic E-state index is 0.170. The molecule has 1 aromatic rings. The largest absolute Gasteiger partial charge is 0.435 e. The number of alkyl halides is 2. The molecule has 2 unspecified atom stereocenters. The Hall–Kier alpha value is -1.20. The van der Waals surface area contributed by atoms with Crippen molar-refractivity contribution in [1.82, 2.24) is 4.90 Å². The molecular weight excluding hydrogens is 264 g/mol. The molecule has 1 aromatic carbocycles. The number of ether oxygens (including phenoxy) is 1. The van der Waals surface area contributed by atoms with Crippen LogP contribution in [-0.4, -0.2) is 35.8 Å². The summed E-state index contributed by atoms with van der Waals surface area (Å²) in [6.45, 7) is -2.10. The van der Waals surface area contributed by atoms with Crippen LogP contribution < -0.4 is 4.74 Å². The lowest BCUT2D eigenvalue weighted by Gasteiger charge is -2.35. The van der Waals surface area contributed by atoms with Gasteiger partial charge in [0, 0.05) is 12.6 Å². The summed E-state index contributed by atoms with van der Waals surface area (Å²) in [4.78, 5) is 2.13. The lowest BCUT2D eigenvalue weighted by Crippen LogP contribution is -2.42. The number of likely N-dealkylation sites (N-methyl/N-ethyl adjacent to an activating group) is 1. The molecule has 0 radical (unpaired) electrons. The van der Waals surface area contributed by atoms with Crippen LogP contribution in [0.2, 0.25) is 0 Å². The maximum atomic E-state index is 12.1. The fraction of sp³-hybridized carbons (Fsp3) is 0.600. The average molecular weight is 285 g/mol. The van der Waals surface area contributed by atoms with Crippen LogP contribution in [0.25, 0.3) is 0 Å². The highest BCUT2D eigenvalue weighted by atomic mass is 19.3. The van der Waals surface area contributed by atoms with Crippen LogP contribution in [0.15, 0.2) is 24.3 Å². The van der Waals surface area contributed by atoms with Crippen molar-refractivity contribution in [2.24, 2.45) is 0 Å². The van der Waals surface area contributed by atoms with Gasteiger partial charge in [0.2, 0.25) is 0 Å². The minimum atomic E-state index is -2.79. The quantitative estimate of drug-likeness (QED) is 0.902. The fourth-order valence-electron chi connectivity index (χ4n) is 2.79. The number of nitrogens with zero attached hydrogens (tertiary/aromatic N) is 1.